The van der Waals surface area contributed by atoms with Crippen LogP contribution in [0.4, 0.5) is 17.1 Å². The quantitative estimate of drug-likeness (QED) is 0.204. The standard InChI is InChI=1S/C30H32N4O4/c1-4-20(3)22-8-12-28-25(17-22)32-30(38-28)21-5-9-24(10-6-21)31-29(35)23-7-11-26(27(18-23)34(36)37)33-15-13-19(2)14-16-33/h5-12,17-20H,4,13-16H2,1-3H3,(H,31,35)/t20-/m1/s1. The lowest BCUT2D eigenvalue weighted by Gasteiger charge is -2.31. The summed E-state index contributed by atoms with van der Waals surface area (Å²) < 4.78 is 5.95. The van der Waals surface area contributed by atoms with Gasteiger partial charge in [0.25, 0.3) is 11.6 Å². The molecule has 8 nitrogen and oxygen atoms in total. The third-order valence-corrected chi connectivity index (χ3v) is 7.54. The summed E-state index contributed by atoms with van der Waals surface area (Å²) in [5.74, 6) is 1.18. The van der Waals surface area contributed by atoms with Gasteiger partial charge in [0.05, 0.1) is 4.92 Å². The van der Waals surface area contributed by atoms with Gasteiger partial charge in [0.2, 0.25) is 5.89 Å². The third-order valence-electron chi connectivity index (χ3n) is 7.54. The number of nitrogens with one attached hydrogen (secondary N) is 1. The molecule has 1 aliphatic rings. The molecule has 1 aromatic heterocycles. The molecular formula is C30H32N4O4. The zero-order valence-corrected chi connectivity index (χ0v) is 21.9. The average molecular weight is 513 g/mol. The molecule has 2 heterocycles. The van der Waals surface area contributed by atoms with E-state index in [4.69, 9.17) is 4.42 Å². The number of fused-ring (bicyclic) bond motifs is 1. The van der Waals surface area contributed by atoms with E-state index in [-0.39, 0.29) is 11.3 Å². The first-order chi connectivity index (χ1) is 18.3. The zero-order chi connectivity index (χ0) is 26.8. The number of aromatic nitrogens is 1. The molecule has 8 heteroatoms. The van der Waals surface area contributed by atoms with E-state index < -0.39 is 10.8 Å². The Hall–Kier alpha value is -4.20. The highest BCUT2D eigenvalue weighted by molar-refractivity contribution is 6.05. The van der Waals surface area contributed by atoms with Crippen LogP contribution in [0.25, 0.3) is 22.6 Å². The smallest absolute Gasteiger partial charge is 0.293 e. The summed E-state index contributed by atoms with van der Waals surface area (Å²) in [6, 6.07) is 18.0. The second kappa shape index (κ2) is 10.7. The van der Waals surface area contributed by atoms with Gasteiger partial charge in [-0.15, -0.1) is 0 Å². The van der Waals surface area contributed by atoms with Crippen molar-refractivity contribution in [3.63, 3.8) is 0 Å². The summed E-state index contributed by atoms with van der Waals surface area (Å²) in [6.07, 6.45) is 3.05. The SMILES string of the molecule is CC[C@@H](C)c1ccc2oc(-c3ccc(NC(=O)c4ccc(N5CCC(C)CC5)c([N+](=O)[O-])c4)cc3)nc2c1. The van der Waals surface area contributed by atoms with Crippen molar-refractivity contribution in [2.75, 3.05) is 23.3 Å². The number of hydrogen-bond donors (Lipinski definition) is 1. The summed E-state index contributed by atoms with van der Waals surface area (Å²) in [4.78, 5) is 31.0. The minimum Gasteiger partial charge on any atom is -0.436 e. The van der Waals surface area contributed by atoms with E-state index in [9.17, 15) is 14.9 Å². The molecule has 1 aliphatic heterocycles. The van der Waals surface area contributed by atoms with Gasteiger partial charge in [0, 0.05) is 36.0 Å². The molecule has 3 aromatic carbocycles. The minimum absolute atomic E-state index is 0.0463. The Bertz CT molecular complexity index is 1470. The van der Waals surface area contributed by atoms with Gasteiger partial charge in [-0.3, -0.25) is 14.9 Å². The fraction of sp³-hybridized carbons (Fsp3) is 0.333. The first kappa shape index (κ1) is 25.4. The molecule has 1 N–H and O–H groups in total. The Kier molecular flexibility index (Phi) is 7.13. The maximum atomic E-state index is 12.9. The predicted molar refractivity (Wildman–Crippen MR) is 150 cm³/mol. The van der Waals surface area contributed by atoms with Crippen molar-refractivity contribution in [1.82, 2.24) is 4.98 Å². The first-order valence-electron chi connectivity index (χ1n) is 13.2. The van der Waals surface area contributed by atoms with Crippen LogP contribution >= 0.6 is 0 Å². The number of rotatable bonds is 7. The van der Waals surface area contributed by atoms with Gasteiger partial charge in [-0.2, -0.15) is 0 Å². The van der Waals surface area contributed by atoms with Gasteiger partial charge >= 0.3 is 0 Å². The monoisotopic (exact) mass is 512 g/mol. The van der Waals surface area contributed by atoms with E-state index in [2.05, 4.69) is 43.2 Å². The summed E-state index contributed by atoms with van der Waals surface area (Å²) >= 11 is 0. The molecule has 196 valence electrons. The fourth-order valence-corrected chi connectivity index (χ4v) is 4.84. The van der Waals surface area contributed by atoms with Crippen LogP contribution in [0.1, 0.15) is 61.9 Å². The van der Waals surface area contributed by atoms with Crippen LogP contribution < -0.4 is 10.2 Å². The molecule has 38 heavy (non-hydrogen) atoms. The molecule has 0 radical (unpaired) electrons. The summed E-state index contributed by atoms with van der Waals surface area (Å²) in [5.41, 5.74) is 4.91. The number of amides is 1. The van der Waals surface area contributed by atoms with E-state index in [0.29, 0.717) is 29.1 Å². The Morgan fingerprint density at radius 2 is 1.87 bits per heavy atom. The van der Waals surface area contributed by atoms with Gasteiger partial charge in [-0.1, -0.05) is 26.8 Å². The fourth-order valence-electron chi connectivity index (χ4n) is 4.84. The van der Waals surface area contributed by atoms with Crippen LogP contribution in [0, 0.1) is 16.0 Å². The lowest BCUT2D eigenvalue weighted by Crippen LogP contribution is -2.33. The van der Waals surface area contributed by atoms with E-state index in [1.807, 2.05) is 23.1 Å². The lowest BCUT2D eigenvalue weighted by atomic mass is 9.98. The van der Waals surface area contributed by atoms with Gasteiger partial charge in [-0.05, 0) is 85.2 Å². The molecule has 1 amide bonds. The molecule has 0 unspecified atom stereocenters. The van der Waals surface area contributed by atoms with Gasteiger partial charge in [0.15, 0.2) is 5.58 Å². The number of piperidine rings is 1. The molecular weight excluding hydrogens is 480 g/mol. The highest BCUT2D eigenvalue weighted by Crippen LogP contribution is 2.33. The number of nitro groups is 1. The highest BCUT2D eigenvalue weighted by atomic mass is 16.6. The van der Waals surface area contributed by atoms with Crippen LogP contribution in [0.2, 0.25) is 0 Å². The van der Waals surface area contributed by atoms with Crippen molar-refractivity contribution >= 4 is 34.1 Å². The highest BCUT2D eigenvalue weighted by Gasteiger charge is 2.25. The maximum Gasteiger partial charge on any atom is 0.293 e. The van der Waals surface area contributed by atoms with Crippen molar-refractivity contribution < 1.29 is 14.1 Å². The first-order valence-corrected chi connectivity index (χ1v) is 13.2. The molecule has 5 rings (SSSR count). The number of carbonyl (C=O) groups excluding carboxylic acids is 1. The molecule has 0 bridgehead atoms. The second-order valence-electron chi connectivity index (χ2n) is 10.2. The Morgan fingerprint density at radius 3 is 2.55 bits per heavy atom. The number of oxazole rings is 1. The normalized spacial score (nSPS) is 15.0. The van der Waals surface area contributed by atoms with Crippen molar-refractivity contribution in [1.29, 1.82) is 0 Å². The van der Waals surface area contributed by atoms with Crippen molar-refractivity contribution in [2.24, 2.45) is 5.92 Å². The van der Waals surface area contributed by atoms with Crippen molar-refractivity contribution in [3.8, 4) is 11.5 Å². The molecule has 1 saturated heterocycles. The average Bonchev–Trinajstić information content (AvgIpc) is 3.36. The van der Waals surface area contributed by atoms with Crippen LogP contribution in [0.5, 0.6) is 0 Å². The molecule has 0 saturated carbocycles. The summed E-state index contributed by atoms with van der Waals surface area (Å²) in [7, 11) is 0. The van der Waals surface area contributed by atoms with E-state index >= 15 is 0 Å². The molecule has 1 atom stereocenters. The Morgan fingerprint density at radius 1 is 1.13 bits per heavy atom. The number of benzene rings is 3. The van der Waals surface area contributed by atoms with E-state index in [1.165, 1.54) is 11.6 Å². The molecule has 0 aliphatic carbocycles. The van der Waals surface area contributed by atoms with Crippen LogP contribution in [0.15, 0.2) is 65.1 Å². The van der Waals surface area contributed by atoms with Crippen LogP contribution in [-0.2, 0) is 0 Å². The minimum atomic E-state index is -0.412. The molecule has 0 spiro atoms. The topological polar surface area (TPSA) is 102 Å². The molecule has 4 aromatic rings. The number of carbonyl (C=O) groups is 1. The van der Waals surface area contributed by atoms with Gasteiger partial charge in [-0.25, -0.2) is 4.98 Å². The third kappa shape index (κ3) is 5.25. The number of hydrogen-bond acceptors (Lipinski definition) is 6. The second-order valence-corrected chi connectivity index (χ2v) is 10.2. The van der Waals surface area contributed by atoms with E-state index in [0.717, 1.165) is 49.0 Å². The number of nitro benzene ring substituents is 1. The summed E-state index contributed by atoms with van der Waals surface area (Å²) in [6.45, 7) is 8.10. The summed E-state index contributed by atoms with van der Waals surface area (Å²) in [5, 5.41) is 14.6. The van der Waals surface area contributed by atoms with E-state index in [1.54, 1.807) is 24.3 Å². The number of anilines is 2. The van der Waals surface area contributed by atoms with Crippen LogP contribution in [-0.4, -0.2) is 28.9 Å². The predicted octanol–water partition coefficient (Wildman–Crippen LogP) is 7.41. The maximum absolute atomic E-state index is 12.9. The van der Waals surface area contributed by atoms with Crippen molar-refractivity contribution in [3.05, 3.63) is 81.9 Å². The Labute approximate surface area is 221 Å². The van der Waals surface area contributed by atoms with Gasteiger partial charge in [0.1, 0.15) is 11.2 Å². The Balaban J connectivity index is 1.31. The number of nitrogens with zero attached hydrogens (tertiary/aromatic N) is 3. The lowest BCUT2D eigenvalue weighted by molar-refractivity contribution is -0.384. The zero-order valence-electron chi connectivity index (χ0n) is 21.9. The van der Waals surface area contributed by atoms with Crippen molar-refractivity contribution in [2.45, 2.75) is 46.0 Å². The largest absolute Gasteiger partial charge is 0.436 e. The van der Waals surface area contributed by atoms with Crippen LogP contribution in [0.3, 0.4) is 0 Å². The molecule has 1 fully saturated rings. The van der Waals surface area contributed by atoms with Gasteiger partial charge < -0.3 is 14.6 Å².